The van der Waals surface area contributed by atoms with Gasteiger partial charge < -0.3 is 14.7 Å². The first-order valence-electron chi connectivity index (χ1n) is 11.8. The topological polar surface area (TPSA) is 70.1 Å². The molecular weight excluding hydrogens is 428 g/mol. The molecule has 2 heterocycles. The first-order chi connectivity index (χ1) is 16.4. The second-order valence-corrected chi connectivity index (χ2v) is 9.40. The molecule has 1 N–H and O–H groups in total. The lowest BCUT2D eigenvalue weighted by molar-refractivity contribution is -0.153. The maximum atomic E-state index is 13.4. The van der Waals surface area contributed by atoms with Gasteiger partial charge in [0.15, 0.2) is 5.60 Å². The van der Waals surface area contributed by atoms with E-state index in [1.54, 1.807) is 17.0 Å². The molecule has 0 spiro atoms. The normalized spacial score (nSPS) is 21.1. The van der Waals surface area contributed by atoms with E-state index in [2.05, 4.69) is 48.2 Å². The summed E-state index contributed by atoms with van der Waals surface area (Å²) in [5.74, 6) is -1.03. The second-order valence-electron chi connectivity index (χ2n) is 9.40. The fraction of sp³-hybridized carbons (Fsp3) is 0.357. The molecule has 2 aliphatic rings. The van der Waals surface area contributed by atoms with Crippen molar-refractivity contribution in [1.29, 1.82) is 0 Å². The summed E-state index contributed by atoms with van der Waals surface area (Å²) in [6.07, 6.45) is 1.23. The van der Waals surface area contributed by atoms with E-state index in [0.29, 0.717) is 11.3 Å². The van der Waals surface area contributed by atoms with Crippen LogP contribution in [0.1, 0.15) is 36.0 Å². The van der Waals surface area contributed by atoms with Gasteiger partial charge in [-0.1, -0.05) is 54.6 Å². The largest absolute Gasteiger partial charge is 0.469 e. The summed E-state index contributed by atoms with van der Waals surface area (Å²) in [4.78, 5) is 29.6. The van der Waals surface area contributed by atoms with Crippen LogP contribution < -0.4 is 4.90 Å². The molecule has 1 unspecified atom stereocenters. The Morgan fingerprint density at radius 3 is 2.50 bits per heavy atom. The van der Waals surface area contributed by atoms with Crippen molar-refractivity contribution in [1.82, 2.24) is 4.90 Å². The lowest BCUT2D eigenvalue weighted by Gasteiger charge is -2.37. The minimum atomic E-state index is -1.87. The van der Waals surface area contributed by atoms with E-state index >= 15 is 0 Å². The maximum Gasteiger partial charge on any atom is 0.309 e. The Bertz CT molecular complexity index is 1240. The number of aryl methyl sites for hydroxylation is 1. The number of aliphatic hydroxyl groups is 1. The van der Waals surface area contributed by atoms with Gasteiger partial charge in [0.1, 0.15) is 0 Å². The van der Waals surface area contributed by atoms with Crippen molar-refractivity contribution in [3.63, 3.8) is 0 Å². The average molecular weight is 459 g/mol. The Morgan fingerprint density at radius 1 is 1.06 bits per heavy atom. The Balaban J connectivity index is 1.34. The van der Waals surface area contributed by atoms with E-state index in [1.165, 1.54) is 29.0 Å². The van der Waals surface area contributed by atoms with Gasteiger partial charge in [0.25, 0.3) is 5.91 Å². The van der Waals surface area contributed by atoms with Crippen molar-refractivity contribution in [2.24, 2.45) is 0 Å². The van der Waals surface area contributed by atoms with Crippen LogP contribution in [0, 0.1) is 6.92 Å². The third-order valence-corrected chi connectivity index (χ3v) is 7.33. The van der Waals surface area contributed by atoms with Crippen LogP contribution in [-0.4, -0.2) is 48.1 Å². The number of ether oxygens (including phenoxy) is 1. The van der Waals surface area contributed by atoms with Crippen molar-refractivity contribution in [3.8, 4) is 0 Å². The van der Waals surface area contributed by atoms with Crippen LogP contribution in [0.3, 0.4) is 0 Å². The summed E-state index contributed by atoms with van der Waals surface area (Å²) in [6.45, 7) is 4.73. The Kier molecular flexibility index (Phi) is 5.88. The van der Waals surface area contributed by atoms with E-state index in [1.807, 2.05) is 12.1 Å². The number of hydrogen-bond donors (Lipinski definition) is 1. The number of piperidine rings is 1. The molecule has 1 fully saturated rings. The number of esters is 1. The van der Waals surface area contributed by atoms with Crippen LogP contribution >= 0.6 is 0 Å². The van der Waals surface area contributed by atoms with Crippen LogP contribution in [0.15, 0.2) is 60.7 Å². The molecule has 5 rings (SSSR count). The lowest BCUT2D eigenvalue weighted by Crippen LogP contribution is -2.50. The quantitative estimate of drug-likeness (QED) is 0.587. The Labute approximate surface area is 199 Å². The van der Waals surface area contributed by atoms with Gasteiger partial charge in [0, 0.05) is 31.2 Å². The first kappa shape index (κ1) is 22.6. The molecule has 176 valence electrons. The number of fused-ring (bicyclic) bond motifs is 2. The summed E-state index contributed by atoms with van der Waals surface area (Å²) < 4.78 is 4.75. The molecule has 0 bridgehead atoms. The monoisotopic (exact) mass is 458 g/mol. The number of amides is 1. The Morgan fingerprint density at radius 2 is 1.76 bits per heavy atom. The molecule has 1 saturated heterocycles. The van der Waals surface area contributed by atoms with Crippen molar-refractivity contribution >= 4 is 28.3 Å². The molecule has 0 saturated carbocycles. The van der Waals surface area contributed by atoms with Gasteiger partial charge in [-0.3, -0.25) is 14.5 Å². The van der Waals surface area contributed by atoms with E-state index < -0.39 is 17.5 Å². The zero-order valence-corrected chi connectivity index (χ0v) is 19.7. The van der Waals surface area contributed by atoms with Gasteiger partial charge in [-0.25, -0.2) is 0 Å². The SMILES string of the molecule is COC(=O)CC1(O)C(=O)N(C2CCN(Cc3cccc4cccc(C)c34)CC2)c2ccccc21. The number of carbonyl (C=O) groups is 2. The molecule has 6 heteroatoms. The van der Waals surface area contributed by atoms with Crippen LogP contribution in [-0.2, 0) is 26.5 Å². The zero-order chi connectivity index (χ0) is 23.9. The number of likely N-dealkylation sites (tertiary alicyclic amines) is 1. The van der Waals surface area contributed by atoms with E-state index in [0.717, 1.165) is 32.5 Å². The number of para-hydroxylation sites is 1. The van der Waals surface area contributed by atoms with E-state index in [-0.39, 0.29) is 12.5 Å². The fourth-order valence-corrected chi connectivity index (χ4v) is 5.60. The molecule has 0 aromatic heterocycles. The minimum absolute atomic E-state index is 0.0224. The highest BCUT2D eigenvalue weighted by Crippen LogP contribution is 2.44. The molecular formula is C28H30N2O4. The molecule has 34 heavy (non-hydrogen) atoms. The predicted octanol–water partition coefficient (Wildman–Crippen LogP) is 3.91. The smallest absolute Gasteiger partial charge is 0.309 e. The summed E-state index contributed by atoms with van der Waals surface area (Å²) >= 11 is 0. The van der Waals surface area contributed by atoms with Crippen LogP contribution in [0.2, 0.25) is 0 Å². The highest BCUT2D eigenvalue weighted by Gasteiger charge is 2.53. The first-order valence-corrected chi connectivity index (χ1v) is 11.8. The number of hydrogen-bond acceptors (Lipinski definition) is 5. The van der Waals surface area contributed by atoms with Gasteiger partial charge in [-0.05, 0) is 47.7 Å². The molecule has 3 aromatic carbocycles. The summed E-state index contributed by atoms with van der Waals surface area (Å²) in [6, 6.07) is 20.1. The number of rotatable bonds is 5. The van der Waals surface area contributed by atoms with E-state index in [9.17, 15) is 14.7 Å². The van der Waals surface area contributed by atoms with Crippen LogP contribution in [0.4, 0.5) is 5.69 Å². The number of anilines is 1. The highest BCUT2D eigenvalue weighted by molar-refractivity contribution is 6.08. The summed E-state index contributed by atoms with van der Waals surface area (Å²) in [5, 5.41) is 13.9. The number of benzene rings is 3. The Hall–Kier alpha value is -3.22. The molecule has 1 atom stereocenters. The average Bonchev–Trinajstić information content (AvgIpc) is 3.06. The summed E-state index contributed by atoms with van der Waals surface area (Å²) in [7, 11) is 1.27. The van der Waals surface area contributed by atoms with E-state index in [4.69, 9.17) is 4.74 Å². The van der Waals surface area contributed by atoms with Gasteiger partial charge in [0.05, 0.1) is 19.2 Å². The van der Waals surface area contributed by atoms with Crippen LogP contribution in [0.25, 0.3) is 10.8 Å². The fourth-order valence-electron chi connectivity index (χ4n) is 5.60. The van der Waals surface area contributed by atoms with Crippen molar-refractivity contribution in [2.45, 2.75) is 44.4 Å². The minimum Gasteiger partial charge on any atom is -0.469 e. The molecule has 0 radical (unpaired) electrons. The number of nitrogens with zero attached hydrogens (tertiary/aromatic N) is 2. The summed E-state index contributed by atoms with van der Waals surface area (Å²) in [5.41, 5.74) is 1.92. The predicted molar refractivity (Wildman–Crippen MR) is 131 cm³/mol. The molecule has 3 aromatic rings. The molecule has 6 nitrogen and oxygen atoms in total. The molecule has 2 aliphatic heterocycles. The van der Waals surface area contributed by atoms with Crippen molar-refractivity contribution in [3.05, 3.63) is 77.4 Å². The molecule has 0 aliphatic carbocycles. The van der Waals surface area contributed by atoms with Crippen molar-refractivity contribution < 1.29 is 19.4 Å². The lowest BCUT2D eigenvalue weighted by atomic mass is 9.92. The highest BCUT2D eigenvalue weighted by atomic mass is 16.5. The maximum absolute atomic E-state index is 13.4. The number of carbonyl (C=O) groups excluding carboxylic acids is 2. The standard InChI is InChI=1S/C28H30N2O4/c1-19-7-5-8-20-9-6-10-21(26(19)20)18-29-15-13-22(14-16-29)30-24-12-4-3-11-23(24)28(33,27(30)32)17-25(31)34-2/h3-12,22,33H,13-18H2,1-2H3. The van der Waals surface area contributed by atoms with Gasteiger partial charge >= 0.3 is 5.97 Å². The third-order valence-electron chi connectivity index (χ3n) is 7.33. The third kappa shape index (κ3) is 3.77. The van der Waals surface area contributed by atoms with Crippen LogP contribution in [0.5, 0.6) is 0 Å². The molecule has 1 amide bonds. The number of methoxy groups -OCH3 is 1. The van der Waals surface area contributed by atoms with Gasteiger partial charge in [0.2, 0.25) is 0 Å². The zero-order valence-electron chi connectivity index (χ0n) is 19.7. The van der Waals surface area contributed by atoms with Gasteiger partial charge in [-0.15, -0.1) is 0 Å². The van der Waals surface area contributed by atoms with Gasteiger partial charge in [-0.2, -0.15) is 0 Å². The second kappa shape index (κ2) is 8.85. The van der Waals surface area contributed by atoms with Crippen molar-refractivity contribution in [2.75, 3.05) is 25.1 Å².